The Bertz CT molecular complexity index is 3250. The van der Waals surface area contributed by atoms with Gasteiger partial charge in [0.15, 0.2) is 25.4 Å². The van der Waals surface area contributed by atoms with Gasteiger partial charge in [-0.3, -0.25) is 22.8 Å². The van der Waals surface area contributed by atoms with Gasteiger partial charge in [-0.25, -0.2) is 25.2 Å². The first kappa shape index (κ1) is 49.0. The standard InChI is InChI=1S/C27H27N5O22S7/c33-27-19-6-7-21(28-15-57(38,39)40)25(31-30-22-13-18(5-8-23(22)58(41,42)43)56(36,37)12-10-54-61(50,51)52)20(19)14-24(59(44,45)46)26(27)32-29-16-1-3-17(4-2-16)55(34,35)11-9-53-60(47,48)49/h1-8,13-14,28,33H,9-12,15H2,(H,38,39,40)(H,41,42,43)(H,44,45,46)(H,47,48,49)(H,50,51,52). The fourth-order valence-electron chi connectivity index (χ4n) is 4.77. The first-order chi connectivity index (χ1) is 27.8. The Kier molecular flexibility index (Phi) is 14.4. The van der Waals surface area contributed by atoms with Gasteiger partial charge in [0, 0.05) is 10.8 Å². The molecule has 7 N–H and O–H groups in total. The SMILES string of the molecule is O=S(=O)(O)CNc1ccc2c(O)c(N=Nc3ccc(S(=O)(=O)CCOS(=O)(=O)O)cc3)c(S(=O)(=O)O)cc2c1N=Nc1cc(S(=O)(=O)CCOS(=O)(=O)O)ccc1S(=O)(=O)O. The van der Waals surface area contributed by atoms with Gasteiger partial charge in [-0.15, -0.1) is 15.3 Å². The Morgan fingerprint density at radius 1 is 0.525 bits per heavy atom. The zero-order chi connectivity index (χ0) is 46.0. The average Bonchev–Trinajstić information content (AvgIpc) is 3.10. The highest BCUT2D eigenvalue weighted by Gasteiger charge is 2.26. The molecule has 34 heteroatoms. The van der Waals surface area contributed by atoms with E-state index in [9.17, 15) is 77.7 Å². The van der Waals surface area contributed by atoms with Crippen molar-refractivity contribution in [1.29, 1.82) is 0 Å². The van der Waals surface area contributed by atoms with Gasteiger partial charge < -0.3 is 10.4 Å². The van der Waals surface area contributed by atoms with Crippen molar-refractivity contribution in [1.82, 2.24) is 0 Å². The topological polar surface area (TPSA) is 440 Å². The molecular formula is C27H27N5O22S7. The van der Waals surface area contributed by atoms with Crippen LogP contribution in [-0.2, 0) is 79.2 Å². The van der Waals surface area contributed by atoms with Crippen molar-refractivity contribution in [3.05, 3.63) is 60.7 Å². The van der Waals surface area contributed by atoms with Crippen LogP contribution in [0.3, 0.4) is 0 Å². The molecule has 0 aliphatic carbocycles. The predicted octanol–water partition coefficient (Wildman–Crippen LogP) is 2.31. The lowest BCUT2D eigenvalue weighted by atomic mass is 10.1. The summed E-state index contributed by atoms with van der Waals surface area (Å²) in [4.78, 5) is -3.49. The molecule has 0 saturated heterocycles. The fourth-order valence-corrected chi connectivity index (χ4v) is 9.35. The number of aromatic hydroxyl groups is 1. The number of phenolic OH excluding ortho intramolecular Hbond substituents is 1. The van der Waals surface area contributed by atoms with Crippen LogP contribution in [-0.4, -0.2) is 117 Å². The molecule has 4 aromatic rings. The van der Waals surface area contributed by atoms with Gasteiger partial charge in [-0.1, -0.05) is 0 Å². The van der Waals surface area contributed by atoms with Gasteiger partial charge in [0.25, 0.3) is 30.4 Å². The molecule has 0 spiro atoms. The highest BCUT2D eigenvalue weighted by atomic mass is 32.3. The van der Waals surface area contributed by atoms with Crippen molar-refractivity contribution in [2.24, 2.45) is 20.5 Å². The van der Waals surface area contributed by atoms with E-state index in [4.69, 9.17) is 9.11 Å². The molecule has 61 heavy (non-hydrogen) atoms. The van der Waals surface area contributed by atoms with E-state index in [1.54, 1.807) is 0 Å². The molecule has 0 aliphatic rings. The van der Waals surface area contributed by atoms with Crippen LogP contribution >= 0.6 is 0 Å². The van der Waals surface area contributed by atoms with E-state index in [0.717, 1.165) is 36.4 Å². The van der Waals surface area contributed by atoms with Crippen LogP contribution in [0.2, 0.25) is 0 Å². The lowest BCUT2D eigenvalue weighted by molar-refractivity contribution is 0.282. The van der Waals surface area contributed by atoms with E-state index in [1.165, 1.54) is 0 Å². The number of sulfone groups is 2. The van der Waals surface area contributed by atoms with Crippen LogP contribution in [0.1, 0.15) is 0 Å². The van der Waals surface area contributed by atoms with Crippen LogP contribution in [0.15, 0.2) is 101 Å². The molecular weight excluding hydrogens is 971 g/mol. The first-order valence-corrected chi connectivity index (χ1v) is 26.0. The Morgan fingerprint density at radius 3 is 1.54 bits per heavy atom. The Balaban J connectivity index is 1.89. The number of hydrogen-bond donors (Lipinski definition) is 7. The van der Waals surface area contributed by atoms with Gasteiger partial charge >= 0.3 is 20.8 Å². The van der Waals surface area contributed by atoms with Crippen LogP contribution in [0.25, 0.3) is 10.8 Å². The second-order valence-electron chi connectivity index (χ2n) is 11.6. The van der Waals surface area contributed by atoms with E-state index >= 15 is 0 Å². The van der Waals surface area contributed by atoms with Crippen molar-refractivity contribution in [2.45, 2.75) is 19.6 Å². The molecule has 0 bridgehead atoms. The normalized spacial score (nSPS) is 13.7. The smallest absolute Gasteiger partial charge is 0.397 e. The minimum absolute atomic E-state index is 0.196. The number of nitrogens with one attached hydrogen (secondary N) is 1. The fraction of sp³-hybridized carbons (Fsp3) is 0.185. The zero-order valence-corrected chi connectivity index (χ0v) is 35.4. The van der Waals surface area contributed by atoms with Crippen LogP contribution in [0.5, 0.6) is 5.75 Å². The molecule has 0 saturated carbocycles. The third kappa shape index (κ3) is 13.7. The van der Waals surface area contributed by atoms with Gasteiger partial charge in [0.05, 0.1) is 45.9 Å². The summed E-state index contributed by atoms with van der Waals surface area (Å²) in [5.74, 6) is -4.36. The summed E-state index contributed by atoms with van der Waals surface area (Å²) in [6.45, 7) is -2.05. The minimum Gasteiger partial charge on any atom is -0.505 e. The zero-order valence-electron chi connectivity index (χ0n) is 29.7. The van der Waals surface area contributed by atoms with Crippen molar-refractivity contribution in [2.75, 3.05) is 35.9 Å². The van der Waals surface area contributed by atoms with E-state index in [-0.39, 0.29) is 10.6 Å². The molecule has 334 valence electrons. The van der Waals surface area contributed by atoms with Crippen molar-refractivity contribution in [3.8, 4) is 5.75 Å². The number of azo groups is 2. The van der Waals surface area contributed by atoms with E-state index in [2.05, 4.69) is 34.1 Å². The Hall–Kier alpha value is -4.69. The van der Waals surface area contributed by atoms with Gasteiger partial charge in [-0.2, -0.15) is 47.2 Å². The summed E-state index contributed by atoms with van der Waals surface area (Å²) in [6, 6.07) is 8.27. The summed E-state index contributed by atoms with van der Waals surface area (Å²) < 4.78 is 221. The minimum atomic E-state index is -5.43. The molecule has 4 rings (SSSR count). The highest BCUT2D eigenvalue weighted by molar-refractivity contribution is 7.92. The van der Waals surface area contributed by atoms with Crippen LogP contribution in [0, 0.1) is 0 Å². The monoisotopic (exact) mass is 997 g/mol. The third-order valence-electron chi connectivity index (χ3n) is 7.38. The number of nitrogens with zero attached hydrogens (tertiary/aromatic N) is 4. The second kappa shape index (κ2) is 18.0. The number of hydrogen-bond acceptors (Lipinski definition) is 22. The molecule has 0 aromatic heterocycles. The number of fused-ring (bicyclic) bond motifs is 1. The van der Waals surface area contributed by atoms with Crippen LogP contribution in [0.4, 0.5) is 28.4 Å². The molecule has 4 aromatic carbocycles. The molecule has 0 atom stereocenters. The van der Waals surface area contributed by atoms with Crippen molar-refractivity contribution >= 4 is 110 Å². The van der Waals surface area contributed by atoms with Crippen LogP contribution < -0.4 is 5.32 Å². The second-order valence-corrected chi connectivity index (χ2v) is 22.3. The number of phenols is 1. The van der Waals surface area contributed by atoms with E-state index < -0.39 is 155 Å². The molecule has 0 aliphatic heterocycles. The first-order valence-electron chi connectivity index (χ1n) is 15.5. The van der Waals surface area contributed by atoms with Gasteiger partial charge in [0.1, 0.15) is 32.7 Å². The number of rotatable bonds is 19. The number of anilines is 1. The third-order valence-corrected chi connectivity index (χ3v) is 14.0. The lowest BCUT2D eigenvalue weighted by Gasteiger charge is -2.14. The summed E-state index contributed by atoms with van der Waals surface area (Å²) in [7, 11) is -34.3. The van der Waals surface area contributed by atoms with Crippen molar-refractivity contribution < 1.29 is 95.2 Å². The molecule has 0 unspecified atom stereocenters. The van der Waals surface area contributed by atoms with E-state index in [1.807, 2.05) is 0 Å². The summed E-state index contributed by atoms with van der Waals surface area (Å²) in [5.41, 5.74) is -3.30. The maximum atomic E-state index is 12.9. The quantitative estimate of drug-likeness (QED) is 0.0523. The average molecular weight is 998 g/mol. The molecule has 0 radical (unpaired) electrons. The molecule has 27 nitrogen and oxygen atoms in total. The summed E-state index contributed by atoms with van der Waals surface area (Å²) in [5, 5.41) is 27.3. The largest absolute Gasteiger partial charge is 0.505 e. The number of benzene rings is 4. The lowest BCUT2D eigenvalue weighted by Crippen LogP contribution is -2.15. The Labute approximate surface area is 345 Å². The molecule has 0 fully saturated rings. The summed E-state index contributed by atoms with van der Waals surface area (Å²) in [6.07, 6.45) is 0. The maximum absolute atomic E-state index is 12.9. The Morgan fingerprint density at radius 2 is 1.03 bits per heavy atom. The molecule has 0 heterocycles. The van der Waals surface area contributed by atoms with Crippen molar-refractivity contribution in [3.63, 3.8) is 0 Å². The van der Waals surface area contributed by atoms with E-state index in [0.29, 0.717) is 24.3 Å². The van der Waals surface area contributed by atoms with Gasteiger partial charge in [-0.05, 0) is 60.7 Å². The maximum Gasteiger partial charge on any atom is 0.397 e. The predicted molar refractivity (Wildman–Crippen MR) is 206 cm³/mol. The molecule has 0 amide bonds. The van der Waals surface area contributed by atoms with Gasteiger partial charge in [0.2, 0.25) is 0 Å². The summed E-state index contributed by atoms with van der Waals surface area (Å²) >= 11 is 0. The highest BCUT2D eigenvalue weighted by Crippen LogP contribution is 2.47.